The largest absolute Gasteiger partial charge is 0.485 e. The highest BCUT2D eigenvalue weighted by Crippen LogP contribution is 2.39. The topological polar surface area (TPSA) is 32.8 Å². The lowest BCUT2D eigenvalue weighted by Crippen LogP contribution is -2.51. The predicted molar refractivity (Wildman–Crippen MR) is 116 cm³/mol. The van der Waals surface area contributed by atoms with Crippen molar-refractivity contribution in [2.24, 2.45) is 0 Å². The van der Waals surface area contributed by atoms with Gasteiger partial charge in [0.1, 0.15) is 11.4 Å². The SMILES string of the molecule is CC(=O)N1Cc2ccccc2OC2(CCC(N(C)Cc3ccccc3C)CC2)C1. The zero-order chi connectivity index (χ0) is 20.4. The second-order valence-corrected chi connectivity index (χ2v) is 8.84. The zero-order valence-electron chi connectivity index (χ0n) is 17.9. The Morgan fingerprint density at radius 1 is 1.14 bits per heavy atom. The van der Waals surface area contributed by atoms with Crippen molar-refractivity contribution in [2.75, 3.05) is 13.6 Å². The third-order valence-electron chi connectivity index (χ3n) is 6.76. The maximum absolute atomic E-state index is 12.3. The highest BCUT2D eigenvalue weighted by molar-refractivity contribution is 5.73. The molecule has 1 amide bonds. The Labute approximate surface area is 174 Å². The number of hydrogen-bond donors (Lipinski definition) is 0. The Morgan fingerprint density at radius 3 is 2.55 bits per heavy atom. The van der Waals surface area contributed by atoms with E-state index in [1.165, 1.54) is 11.1 Å². The molecule has 4 heteroatoms. The number of aryl methyl sites for hydroxylation is 1. The number of fused-ring (bicyclic) bond motifs is 1. The van der Waals surface area contributed by atoms with E-state index >= 15 is 0 Å². The monoisotopic (exact) mass is 392 g/mol. The van der Waals surface area contributed by atoms with Crippen LogP contribution >= 0.6 is 0 Å². The highest BCUT2D eigenvalue weighted by Gasteiger charge is 2.42. The van der Waals surface area contributed by atoms with Crippen LogP contribution in [0.5, 0.6) is 5.75 Å². The second-order valence-electron chi connectivity index (χ2n) is 8.84. The van der Waals surface area contributed by atoms with Crippen LogP contribution in [0, 0.1) is 6.92 Å². The molecule has 2 aromatic rings. The summed E-state index contributed by atoms with van der Waals surface area (Å²) in [7, 11) is 2.24. The van der Waals surface area contributed by atoms with Crippen molar-refractivity contribution in [1.82, 2.24) is 9.80 Å². The normalized spacial score (nSPS) is 24.1. The number of carbonyl (C=O) groups is 1. The predicted octanol–water partition coefficient (Wildman–Crippen LogP) is 4.55. The second kappa shape index (κ2) is 8.19. The summed E-state index contributed by atoms with van der Waals surface area (Å²) >= 11 is 0. The Bertz CT molecular complexity index is 871. The van der Waals surface area contributed by atoms with E-state index in [1.54, 1.807) is 6.92 Å². The number of nitrogens with zero attached hydrogens (tertiary/aromatic N) is 2. The summed E-state index contributed by atoms with van der Waals surface area (Å²) in [6.45, 7) is 6.16. The number of rotatable bonds is 3. The van der Waals surface area contributed by atoms with Crippen LogP contribution in [0.15, 0.2) is 48.5 Å². The Morgan fingerprint density at radius 2 is 1.83 bits per heavy atom. The number of benzene rings is 2. The number of carbonyl (C=O) groups excluding carboxylic acids is 1. The lowest BCUT2D eigenvalue weighted by atomic mass is 9.81. The van der Waals surface area contributed by atoms with Crippen molar-refractivity contribution in [1.29, 1.82) is 0 Å². The molecular formula is C25H32N2O2. The maximum atomic E-state index is 12.3. The summed E-state index contributed by atoms with van der Waals surface area (Å²) in [6, 6.07) is 17.4. The summed E-state index contributed by atoms with van der Waals surface area (Å²) in [5.41, 5.74) is 3.60. The summed E-state index contributed by atoms with van der Waals surface area (Å²) in [5, 5.41) is 0. The van der Waals surface area contributed by atoms with Gasteiger partial charge in [0.15, 0.2) is 0 Å². The van der Waals surface area contributed by atoms with Gasteiger partial charge in [-0.2, -0.15) is 0 Å². The lowest BCUT2D eigenvalue weighted by Gasteiger charge is -2.43. The minimum absolute atomic E-state index is 0.128. The van der Waals surface area contributed by atoms with Crippen molar-refractivity contribution >= 4 is 5.91 Å². The molecule has 1 spiro atoms. The molecule has 2 aromatic carbocycles. The fourth-order valence-corrected chi connectivity index (χ4v) is 4.85. The van der Waals surface area contributed by atoms with Crippen molar-refractivity contribution in [2.45, 2.75) is 64.3 Å². The van der Waals surface area contributed by atoms with Crippen molar-refractivity contribution in [3.8, 4) is 5.75 Å². The molecule has 4 rings (SSSR count). The van der Waals surface area contributed by atoms with Crippen molar-refractivity contribution in [3.05, 3.63) is 65.2 Å². The van der Waals surface area contributed by atoms with Gasteiger partial charge in [0.2, 0.25) is 5.91 Å². The maximum Gasteiger partial charge on any atom is 0.219 e. The van der Waals surface area contributed by atoms with E-state index in [9.17, 15) is 4.79 Å². The molecule has 4 nitrogen and oxygen atoms in total. The molecule has 1 aliphatic carbocycles. The van der Waals surface area contributed by atoms with Crippen LogP contribution in [-0.2, 0) is 17.9 Å². The molecule has 2 aliphatic rings. The standard InChI is InChI=1S/C25H32N2O2/c1-19-8-4-5-9-21(19)16-26(3)23-12-14-25(15-13-23)18-27(20(2)28)17-22-10-6-7-11-24(22)29-25/h4-11,23H,12-18H2,1-3H3. The molecule has 0 bridgehead atoms. The number of amides is 1. The minimum atomic E-state index is -0.266. The van der Waals surface area contributed by atoms with Crippen LogP contribution in [0.2, 0.25) is 0 Å². The molecule has 29 heavy (non-hydrogen) atoms. The highest BCUT2D eigenvalue weighted by atomic mass is 16.5. The van der Waals surface area contributed by atoms with E-state index in [1.807, 2.05) is 17.0 Å². The van der Waals surface area contributed by atoms with Crippen molar-refractivity contribution < 1.29 is 9.53 Å². The van der Waals surface area contributed by atoms with Crippen LogP contribution in [0.4, 0.5) is 0 Å². The fourth-order valence-electron chi connectivity index (χ4n) is 4.85. The molecular weight excluding hydrogens is 360 g/mol. The molecule has 154 valence electrons. The van der Waals surface area contributed by atoms with Gasteiger partial charge in [-0.3, -0.25) is 9.69 Å². The molecule has 0 saturated heterocycles. The van der Waals surface area contributed by atoms with Gasteiger partial charge in [0.25, 0.3) is 0 Å². The van der Waals surface area contributed by atoms with Crippen molar-refractivity contribution in [3.63, 3.8) is 0 Å². The Hall–Kier alpha value is -2.33. The van der Waals surface area contributed by atoms with Gasteiger partial charge in [-0.05, 0) is 56.8 Å². The molecule has 1 fully saturated rings. The van der Waals surface area contributed by atoms with Gasteiger partial charge in [-0.1, -0.05) is 42.5 Å². The first-order valence-corrected chi connectivity index (χ1v) is 10.7. The van der Waals surface area contributed by atoms with Crippen LogP contribution in [0.1, 0.15) is 49.3 Å². The minimum Gasteiger partial charge on any atom is -0.485 e. The summed E-state index contributed by atoms with van der Waals surface area (Å²) < 4.78 is 6.62. The zero-order valence-corrected chi connectivity index (χ0v) is 17.9. The van der Waals surface area contributed by atoms with Crippen LogP contribution in [0.25, 0.3) is 0 Å². The van der Waals surface area contributed by atoms with Gasteiger partial charge in [0.05, 0.1) is 6.54 Å². The van der Waals surface area contributed by atoms with E-state index in [4.69, 9.17) is 4.74 Å². The van der Waals surface area contributed by atoms with E-state index in [2.05, 4.69) is 55.3 Å². The molecule has 1 heterocycles. The first kappa shape index (κ1) is 20.0. The molecule has 1 aliphatic heterocycles. The molecule has 0 aromatic heterocycles. The smallest absolute Gasteiger partial charge is 0.219 e. The lowest BCUT2D eigenvalue weighted by molar-refractivity contribution is -0.132. The third-order valence-corrected chi connectivity index (χ3v) is 6.76. The number of ether oxygens (including phenoxy) is 1. The first-order valence-electron chi connectivity index (χ1n) is 10.7. The first-order chi connectivity index (χ1) is 14.0. The number of para-hydroxylation sites is 1. The Balaban J connectivity index is 1.47. The Kier molecular flexibility index (Phi) is 5.64. The van der Waals surface area contributed by atoms with E-state index < -0.39 is 0 Å². The molecule has 0 radical (unpaired) electrons. The summed E-state index contributed by atoms with van der Waals surface area (Å²) in [4.78, 5) is 16.7. The summed E-state index contributed by atoms with van der Waals surface area (Å²) in [5.74, 6) is 1.08. The van der Waals surface area contributed by atoms with Gasteiger partial charge in [-0.25, -0.2) is 0 Å². The average molecular weight is 393 g/mol. The van der Waals surface area contributed by atoms with E-state index in [0.717, 1.165) is 43.5 Å². The van der Waals surface area contributed by atoms with Gasteiger partial charge in [0, 0.05) is 31.6 Å². The van der Waals surface area contributed by atoms with E-state index in [0.29, 0.717) is 19.1 Å². The molecule has 0 atom stereocenters. The van der Waals surface area contributed by atoms with Gasteiger partial charge < -0.3 is 9.64 Å². The van der Waals surface area contributed by atoms with Crippen LogP contribution in [-0.4, -0.2) is 40.9 Å². The van der Waals surface area contributed by atoms with E-state index in [-0.39, 0.29) is 11.5 Å². The molecule has 0 N–H and O–H groups in total. The third kappa shape index (κ3) is 4.32. The molecule has 1 saturated carbocycles. The molecule has 0 unspecified atom stereocenters. The van der Waals surface area contributed by atoms with Crippen LogP contribution < -0.4 is 4.74 Å². The average Bonchev–Trinajstić information content (AvgIpc) is 2.87. The number of hydrogen-bond acceptors (Lipinski definition) is 3. The summed E-state index contributed by atoms with van der Waals surface area (Å²) in [6.07, 6.45) is 4.15. The van der Waals surface area contributed by atoms with Gasteiger partial charge >= 0.3 is 0 Å². The van der Waals surface area contributed by atoms with Gasteiger partial charge in [-0.15, -0.1) is 0 Å². The van der Waals surface area contributed by atoms with Crippen LogP contribution in [0.3, 0.4) is 0 Å². The fraction of sp³-hybridized carbons (Fsp3) is 0.480. The quantitative estimate of drug-likeness (QED) is 0.768.